The molecule has 2 aromatic carbocycles. The van der Waals surface area contributed by atoms with Crippen molar-refractivity contribution in [1.82, 2.24) is 29.6 Å². The quantitative estimate of drug-likeness (QED) is 0.0586. The Bertz CT molecular complexity index is 2030. The minimum absolute atomic E-state index is 0.00191. The van der Waals surface area contributed by atoms with Crippen LogP contribution in [0.2, 0.25) is 0 Å². The van der Waals surface area contributed by atoms with E-state index in [0.29, 0.717) is 29.7 Å². The molecular formula is C37H50ClN7O6S. The van der Waals surface area contributed by atoms with Gasteiger partial charge in [-0.25, -0.2) is 17.4 Å². The van der Waals surface area contributed by atoms with Crippen LogP contribution in [0.15, 0.2) is 40.0 Å². The van der Waals surface area contributed by atoms with E-state index in [-0.39, 0.29) is 45.1 Å². The molecule has 1 N–H and O–H groups in total. The van der Waals surface area contributed by atoms with Crippen LogP contribution in [0.1, 0.15) is 103 Å². The number of hydrogen-bond acceptors (Lipinski definition) is 11. The van der Waals surface area contributed by atoms with Crippen molar-refractivity contribution < 1.29 is 27.3 Å². The number of benzene rings is 2. The van der Waals surface area contributed by atoms with Crippen LogP contribution in [0.4, 0.5) is 11.5 Å². The topological polar surface area (TPSA) is 155 Å². The number of alkyl halides is 1. The monoisotopic (exact) mass is 755 g/mol. The van der Waals surface area contributed by atoms with Crippen molar-refractivity contribution in [2.45, 2.75) is 114 Å². The standard InChI is InChI=1S/C37H50ClN7O6S/c1-23(46)49-29-19-25(36(2,3)16-10-8-9-11-17-38)20-30-33(29)26-18-24(12-13-27(26)37(4,5)50-30)21-45-22-32(40-43-45)39-28-14-15-31(52(47,48)44(6)7)35-34(28)41-51-42-35/h14-15,19-20,22,24,26-27,39H,8-13,16-18,21H2,1-7H3. The van der Waals surface area contributed by atoms with Crippen molar-refractivity contribution in [3.63, 3.8) is 0 Å². The number of carbonyl (C=O) groups excluding carboxylic acids is 1. The van der Waals surface area contributed by atoms with Gasteiger partial charge >= 0.3 is 5.97 Å². The van der Waals surface area contributed by atoms with E-state index in [4.69, 9.17) is 25.7 Å². The van der Waals surface area contributed by atoms with Gasteiger partial charge in [-0.3, -0.25) is 9.48 Å². The molecule has 6 rings (SSSR count). The molecule has 0 bridgehead atoms. The molecule has 1 saturated carbocycles. The van der Waals surface area contributed by atoms with Crippen molar-refractivity contribution in [1.29, 1.82) is 0 Å². The summed E-state index contributed by atoms with van der Waals surface area (Å²) in [4.78, 5) is 12.5. The van der Waals surface area contributed by atoms with E-state index in [1.807, 2.05) is 10.9 Å². The fourth-order valence-corrected chi connectivity index (χ4v) is 9.17. The van der Waals surface area contributed by atoms with Gasteiger partial charge in [0.15, 0.2) is 16.9 Å². The van der Waals surface area contributed by atoms with Crippen LogP contribution < -0.4 is 14.8 Å². The number of rotatable bonds is 14. The van der Waals surface area contributed by atoms with E-state index in [0.717, 1.165) is 72.5 Å². The van der Waals surface area contributed by atoms with Crippen LogP contribution in [-0.4, -0.2) is 69.6 Å². The summed E-state index contributed by atoms with van der Waals surface area (Å²) in [6.07, 6.45) is 10.0. The smallest absolute Gasteiger partial charge is 0.308 e. The number of ether oxygens (including phenoxy) is 2. The molecule has 1 aliphatic heterocycles. The van der Waals surface area contributed by atoms with Gasteiger partial charge in [-0.1, -0.05) is 38.3 Å². The fourth-order valence-electron chi connectivity index (χ4n) is 7.97. The van der Waals surface area contributed by atoms with Crippen molar-refractivity contribution in [3.05, 3.63) is 41.6 Å². The molecule has 3 unspecified atom stereocenters. The highest BCUT2D eigenvalue weighted by Crippen LogP contribution is 2.56. The van der Waals surface area contributed by atoms with Gasteiger partial charge < -0.3 is 14.8 Å². The number of aromatic nitrogens is 5. The van der Waals surface area contributed by atoms with Crippen LogP contribution in [0.3, 0.4) is 0 Å². The molecule has 0 radical (unpaired) electrons. The predicted octanol–water partition coefficient (Wildman–Crippen LogP) is 7.57. The van der Waals surface area contributed by atoms with Gasteiger partial charge in [0.1, 0.15) is 22.0 Å². The zero-order chi connectivity index (χ0) is 37.4. The van der Waals surface area contributed by atoms with Crippen molar-refractivity contribution >= 4 is 50.1 Å². The van der Waals surface area contributed by atoms with Crippen LogP contribution >= 0.6 is 11.6 Å². The highest BCUT2D eigenvalue weighted by atomic mass is 35.5. The van der Waals surface area contributed by atoms with E-state index < -0.39 is 15.6 Å². The van der Waals surface area contributed by atoms with E-state index in [1.54, 1.807) is 6.07 Å². The third kappa shape index (κ3) is 7.79. The third-order valence-electron chi connectivity index (χ3n) is 10.8. The minimum Gasteiger partial charge on any atom is -0.487 e. The molecule has 13 nitrogen and oxygen atoms in total. The second-order valence-corrected chi connectivity index (χ2v) is 18.1. The van der Waals surface area contributed by atoms with Gasteiger partial charge in [-0.05, 0) is 103 Å². The largest absolute Gasteiger partial charge is 0.487 e. The first-order valence-electron chi connectivity index (χ1n) is 18.1. The van der Waals surface area contributed by atoms with Crippen molar-refractivity contribution in [2.75, 3.05) is 25.3 Å². The van der Waals surface area contributed by atoms with Gasteiger partial charge in [-0.2, -0.15) is 0 Å². The molecule has 2 aromatic heterocycles. The number of carbonyl (C=O) groups is 1. The lowest BCUT2D eigenvalue weighted by Crippen LogP contribution is -2.47. The van der Waals surface area contributed by atoms with Gasteiger partial charge in [0.05, 0.1) is 11.9 Å². The average molecular weight is 756 g/mol. The number of sulfonamides is 1. The first-order valence-corrected chi connectivity index (χ1v) is 20.0. The number of nitrogens with zero attached hydrogens (tertiary/aromatic N) is 6. The van der Waals surface area contributed by atoms with E-state index in [2.05, 4.69) is 65.8 Å². The SMILES string of the molecule is CC(=O)Oc1cc(C(C)(C)CCCCCCCl)cc2c1C1CC(Cn3cc(Nc4ccc(S(=O)(=O)N(C)C)c5nonc45)nn3)CCC1C(C)(C)O2. The lowest BCUT2D eigenvalue weighted by Gasteiger charge is -2.49. The second-order valence-electron chi connectivity index (χ2n) is 15.6. The number of esters is 1. The molecule has 2 aliphatic rings. The molecule has 1 fully saturated rings. The van der Waals surface area contributed by atoms with Crippen LogP contribution in [0.5, 0.6) is 11.5 Å². The molecule has 15 heteroatoms. The molecule has 3 heterocycles. The highest BCUT2D eigenvalue weighted by Gasteiger charge is 2.48. The number of unbranched alkanes of at least 4 members (excludes halogenated alkanes) is 3. The molecule has 52 heavy (non-hydrogen) atoms. The molecule has 4 aromatic rings. The summed E-state index contributed by atoms with van der Waals surface area (Å²) in [5.41, 5.74) is 2.46. The summed E-state index contributed by atoms with van der Waals surface area (Å²) in [6.45, 7) is 10.9. The summed E-state index contributed by atoms with van der Waals surface area (Å²) in [6, 6.07) is 7.34. The lowest BCUT2D eigenvalue weighted by atomic mass is 9.63. The predicted molar refractivity (Wildman–Crippen MR) is 199 cm³/mol. The Kier molecular flexibility index (Phi) is 10.9. The maximum absolute atomic E-state index is 12.8. The maximum Gasteiger partial charge on any atom is 0.308 e. The number of anilines is 2. The summed E-state index contributed by atoms with van der Waals surface area (Å²) in [5.74, 6) is 2.90. The average Bonchev–Trinajstić information content (AvgIpc) is 3.74. The third-order valence-corrected chi connectivity index (χ3v) is 12.9. The Morgan fingerprint density at radius 3 is 2.60 bits per heavy atom. The normalized spacial score (nSPS) is 20.0. The molecule has 0 saturated heterocycles. The zero-order valence-electron chi connectivity index (χ0n) is 31.1. The summed E-state index contributed by atoms with van der Waals surface area (Å²) in [7, 11) is -0.847. The van der Waals surface area contributed by atoms with Crippen LogP contribution in [-0.2, 0) is 26.8 Å². The second kappa shape index (κ2) is 14.9. The van der Waals surface area contributed by atoms with Gasteiger partial charge in [0, 0.05) is 44.9 Å². The Morgan fingerprint density at radius 1 is 1.12 bits per heavy atom. The zero-order valence-corrected chi connectivity index (χ0v) is 32.7. The highest BCUT2D eigenvalue weighted by molar-refractivity contribution is 7.89. The first-order chi connectivity index (χ1) is 24.6. The number of nitrogens with one attached hydrogen (secondary N) is 1. The summed E-state index contributed by atoms with van der Waals surface area (Å²) < 4.78 is 46.3. The first kappa shape index (κ1) is 38.0. The van der Waals surface area contributed by atoms with E-state index in [1.165, 1.54) is 27.1 Å². The molecule has 0 spiro atoms. The van der Waals surface area contributed by atoms with E-state index in [9.17, 15) is 13.2 Å². The van der Waals surface area contributed by atoms with Crippen LogP contribution in [0, 0.1) is 11.8 Å². The summed E-state index contributed by atoms with van der Waals surface area (Å²) >= 11 is 5.89. The molecule has 1 aliphatic carbocycles. The summed E-state index contributed by atoms with van der Waals surface area (Å²) in [5, 5.41) is 19.8. The molecule has 282 valence electrons. The number of fused-ring (bicyclic) bond motifs is 4. The molecule has 3 atom stereocenters. The van der Waals surface area contributed by atoms with E-state index >= 15 is 0 Å². The molecular weight excluding hydrogens is 706 g/mol. The Labute approximate surface area is 310 Å². The number of hydrogen-bond donors (Lipinski definition) is 1. The van der Waals surface area contributed by atoms with Crippen molar-refractivity contribution in [3.8, 4) is 11.5 Å². The van der Waals surface area contributed by atoms with Crippen LogP contribution in [0.25, 0.3) is 11.0 Å². The minimum atomic E-state index is -3.76. The Morgan fingerprint density at radius 2 is 1.87 bits per heavy atom. The van der Waals surface area contributed by atoms with Gasteiger partial charge in [0.2, 0.25) is 10.0 Å². The van der Waals surface area contributed by atoms with Gasteiger partial charge in [0.25, 0.3) is 0 Å². The van der Waals surface area contributed by atoms with Crippen molar-refractivity contribution in [2.24, 2.45) is 11.8 Å². The lowest BCUT2D eigenvalue weighted by molar-refractivity contribution is -0.132. The van der Waals surface area contributed by atoms with Gasteiger partial charge in [-0.15, -0.1) is 16.7 Å². The maximum atomic E-state index is 12.8. The Hall–Kier alpha value is -3.75. The Balaban J connectivity index is 1.22. The fraction of sp³-hybridized carbons (Fsp3) is 0.595. The number of halogens is 1. The molecule has 0 amide bonds.